The number of hydrogen-bond acceptors (Lipinski definition) is 4. The molecule has 1 aliphatic heterocycles. The summed E-state index contributed by atoms with van der Waals surface area (Å²) in [7, 11) is 2.76. The van der Waals surface area contributed by atoms with Crippen molar-refractivity contribution in [2.24, 2.45) is 0 Å². The van der Waals surface area contributed by atoms with Gasteiger partial charge in [-0.1, -0.05) is 48.2 Å². The second-order valence-electron chi connectivity index (χ2n) is 7.14. The van der Waals surface area contributed by atoms with E-state index in [9.17, 15) is 14.4 Å². The fraction of sp³-hybridized carbons (Fsp3) is 0.0870. The summed E-state index contributed by atoms with van der Waals surface area (Å²) in [6.07, 6.45) is 0. The smallest absolute Gasteiger partial charge is 0.333 e. The van der Waals surface area contributed by atoms with Gasteiger partial charge in [-0.3, -0.25) is 19.4 Å². The van der Waals surface area contributed by atoms with Gasteiger partial charge in [-0.05, 0) is 29.7 Å². The molecule has 3 aromatic carbocycles. The van der Waals surface area contributed by atoms with Gasteiger partial charge in [0.05, 0.1) is 5.35 Å². The average Bonchev–Trinajstić information content (AvgIpc) is 3.13. The predicted molar refractivity (Wildman–Crippen MR) is 116 cm³/mol. The van der Waals surface area contributed by atoms with E-state index >= 15 is 0 Å². The number of aromatic nitrogens is 1. The molecule has 7 heteroatoms. The highest BCUT2D eigenvalue weighted by molar-refractivity contribution is 7.99. The molecule has 0 spiro atoms. The Bertz CT molecular complexity index is 1380. The van der Waals surface area contributed by atoms with Crippen LogP contribution >= 0.6 is 11.8 Å². The molecule has 0 aliphatic carbocycles. The van der Waals surface area contributed by atoms with Crippen molar-refractivity contribution in [3.05, 3.63) is 66.0 Å². The Morgan fingerprint density at radius 2 is 1.43 bits per heavy atom. The lowest BCUT2D eigenvalue weighted by atomic mass is 10.0. The number of carbonyl (C=O) groups is 3. The van der Waals surface area contributed by atoms with Crippen molar-refractivity contribution < 1.29 is 14.4 Å². The lowest BCUT2D eigenvalue weighted by Gasteiger charge is -2.28. The van der Waals surface area contributed by atoms with Crippen LogP contribution in [0, 0.1) is 0 Å². The third-order valence-electron chi connectivity index (χ3n) is 5.36. The fourth-order valence-corrected chi connectivity index (χ4v) is 4.80. The van der Waals surface area contributed by atoms with E-state index in [1.165, 1.54) is 14.1 Å². The fourth-order valence-electron chi connectivity index (χ4n) is 3.84. The van der Waals surface area contributed by atoms with E-state index in [4.69, 9.17) is 0 Å². The molecular weight excluding hydrogens is 398 g/mol. The van der Waals surface area contributed by atoms with E-state index in [-0.39, 0.29) is 5.57 Å². The largest absolute Gasteiger partial charge is 0.354 e. The molecule has 4 aromatic rings. The van der Waals surface area contributed by atoms with Crippen molar-refractivity contribution in [2.75, 3.05) is 14.1 Å². The molecule has 148 valence electrons. The van der Waals surface area contributed by atoms with Gasteiger partial charge < -0.3 is 4.98 Å². The van der Waals surface area contributed by atoms with Crippen molar-refractivity contribution in [3.63, 3.8) is 0 Å². The summed E-state index contributed by atoms with van der Waals surface area (Å²) in [6.45, 7) is 0. The Kier molecular flexibility index (Phi) is 4.15. The topological polar surface area (TPSA) is 73.5 Å². The van der Waals surface area contributed by atoms with Crippen LogP contribution in [-0.2, 0) is 9.59 Å². The standard InChI is InChI=1S/C23H17N3O3S/c1-25-21(27)19(22(28)26(2)23(25)29)20-15-10-6-9-14-17(12-11-16(24-20)18(14)15)30-13-7-4-3-5-8-13/h3-12,24H,1-2H3. The molecule has 0 bridgehead atoms. The summed E-state index contributed by atoms with van der Waals surface area (Å²) in [5.41, 5.74) is 0.809. The molecule has 2 heterocycles. The summed E-state index contributed by atoms with van der Waals surface area (Å²) in [5, 5.41) is 3.23. The van der Waals surface area contributed by atoms with E-state index in [2.05, 4.69) is 17.1 Å². The number of nitrogens with zero attached hydrogens (tertiary/aromatic N) is 2. The summed E-state index contributed by atoms with van der Waals surface area (Å²) >= 11 is 1.66. The zero-order chi connectivity index (χ0) is 21.0. The SMILES string of the molecule is CN1C(=O)C(=c2[nH]c3ccc(Sc4ccccc4)c4cccc2c34)C(=O)N(C)C1=O. The zero-order valence-corrected chi connectivity index (χ0v) is 17.1. The molecule has 1 aliphatic rings. The predicted octanol–water partition coefficient (Wildman–Crippen LogP) is 3.39. The molecule has 5 rings (SSSR count). The van der Waals surface area contributed by atoms with Crippen molar-refractivity contribution in [1.29, 1.82) is 0 Å². The van der Waals surface area contributed by atoms with Crippen LogP contribution in [-0.4, -0.2) is 46.7 Å². The molecular formula is C23H17N3O3S. The van der Waals surface area contributed by atoms with Crippen molar-refractivity contribution in [1.82, 2.24) is 14.8 Å². The van der Waals surface area contributed by atoms with Gasteiger partial charge in [0.15, 0.2) is 0 Å². The quantitative estimate of drug-likeness (QED) is 0.545. The molecule has 1 aromatic heterocycles. The van der Waals surface area contributed by atoms with Gasteiger partial charge in [0.25, 0.3) is 11.8 Å². The highest BCUT2D eigenvalue weighted by Gasteiger charge is 2.39. The molecule has 0 radical (unpaired) electrons. The number of carbonyl (C=O) groups excluding carboxylic acids is 3. The summed E-state index contributed by atoms with van der Waals surface area (Å²) in [6, 6.07) is 19.3. The molecule has 4 amide bonds. The van der Waals surface area contributed by atoms with Crippen LogP contribution in [0.15, 0.2) is 70.5 Å². The number of benzene rings is 3. The second-order valence-corrected chi connectivity index (χ2v) is 8.26. The van der Waals surface area contributed by atoms with E-state index in [0.29, 0.717) is 5.35 Å². The molecule has 0 unspecified atom stereocenters. The van der Waals surface area contributed by atoms with Gasteiger partial charge in [-0.25, -0.2) is 4.79 Å². The number of amides is 4. The molecule has 1 fully saturated rings. The third-order valence-corrected chi connectivity index (χ3v) is 6.45. The van der Waals surface area contributed by atoms with Gasteiger partial charge in [0.1, 0.15) is 5.57 Å². The Labute approximate surface area is 176 Å². The maximum atomic E-state index is 12.8. The Balaban J connectivity index is 1.78. The van der Waals surface area contributed by atoms with Crippen LogP contribution in [0.5, 0.6) is 0 Å². The zero-order valence-electron chi connectivity index (χ0n) is 16.3. The third kappa shape index (κ3) is 2.63. The first-order valence-corrected chi connectivity index (χ1v) is 10.2. The van der Waals surface area contributed by atoms with Crippen LogP contribution in [0.4, 0.5) is 4.79 Å². The number of imide groups is 2. The Hall–Kier alpha value is -3.58. The van der Waals surface area contributed by atoms with Gasteiger partial charge in [0.2, 0.25) is 0 Å². The summed E-state index contributed by atoms with van der Waals surface area (Å²) in [4.78, 5) is 45.1. The minimum atomic E-state index is -0.635. The van der Waals surface area contributed by atoms with Crippen molar-refractivity contribution >= 4 is 56.9 Å². The average molecular weight is 415 g/mol. The number of nitrogens with one attached hydrogen (secondary N) is 1. The number of aromatic amines is 1. The minimum absolute atomic E-state index is 0.0273. The number of urea groups is 1. The number of barbiturate groups is 1. The van der Waals surface area contributed by atoms with Crippen LogP contribution < -0.4 is 5.35 Å². The van der Waals surface area contributed by atoms with Crippen LogP contribution in [0.25, 0.3) is 27.2 Å². The lowest BCUT2D eigenvalue weighted by molar-refractivity contribution is -0.130. The molecule has 0 saturated carbocycles. The highest BCUT2D eigenvalue weighted by atomic mass is 32.2. The van der Waals surface area contributed by atoms with E-state index in [1.807, 2.05) is 48.5 Å². The molecule has 0 atom stereocenters. The van der Waals surface area contributed by atoms with E-state index in [0.717, 1.165) is 41.3 Å². The van der Waals surface area contributed by atoms with Crippen molar-refractivity contribution in [2.45, 2.75) is 9.79 Å². The summed E-state index contributed by atoms with van der Waals surface area (Å²) < 4.78 is 0. The monoisotopic (exact) mass is 415 g/mol. The molecule has 1 saturated heterocycles. The molecule has 1 N–H and O–H groups in total. The second kappa shape index (κ2) is 6.74. The highest BCUT2D eigenvalue weighted by Crippen LogP contribution is 2.36. The Morgan fingerprint density at radius 1 is 0.767 bits per heavy atom. The number of H-pyrrole nitrogens is 1. The van der Waals surface area contributed by atoms with Crippen LogP contribution in [0.1, 0.15) is 0 Å². The van der Waals surface area contributed by atoms with Gasteiger partial charge in [0, 0.05) is 40.2 Å². The van der Waals surface area contributed by atoms with Crippen molar-refractivity contribution in [3.8, 4) is 0 Å². The lowest BCUT2D eigenvalue weighted by Crippen LogP contribution is -2.54. The van der Waals surface area contributed by atoms with E-state index < -0.39 is 17.8 Å². The first-order chi connectivity index (χ1) is 14.5. The number of hydrogen-bond donors (Lipinski definition) is 1. The van der Waals surface area contributed by atoms with E-state index in [1.54, 1.807) is 11.8 Å². The summed E-state index contributed by atoms with van der Waals surface area (Å²) in [5.74, 6) is -1.21. The Morgan fingerprint density at radius 3 is 2.13 bits per heavy atom. The van der Waals surface area contributed by atoms with Crippen LogP contribution in [0.3, 0.4) is 0 Å². The maximum absolute atomic E-state index is 12.8. The van der Waals surface area contributed by atoms with Gasteiger partial charge in [-0.15, -0.1) is 0 Å². The van der Waals surface area contributed by atoms with Crippen LogP contribution in [0.2, 0.25) is 0 Å². The first kappa shape index (κ1) is 18.4. The first-order valence-electron chi connectivity index (χ1n) is 9.37. The maximum Gasteiger partial charge on any atom is 0.333 e. The van der Waals surface area contributed by atoms with Gasteiger partial charge >= 0.3 is 6.03 Å². The molecule has 30 heavy (non-hydrogen) atoms. The minimum Gasteiger partial charge on any atom is -0.354 e. The number of rotatable bonds is 2. The van der Waals surface area contributed by atoms with Gasteiger partial charge in [-0.2, -0.15) is 0 Å². The molecule has 6 nitrogen and oxygen atoms in total. The normalized spacial score (nSPS) is 15.1.